The van der Waals surface area contributed by atoms with Crippen LogP contribution in [0.15, 0.2) is 60.0 Å². The zero-order valence-electron chi connectivity index (χ0n) is 16.3. The minimum absolute atomic E-state index is 0.132. The van der Waals surface area contributed by atoms with Gasteiger partial charge < -0.3 is 10.1 Å². The van der Waals surface area contributed by atoms with Gasteiger partial charge in [-0.05, 0) is 37.6 Å². The van der Waals surface area contributed by atoms with Crippen molar-refractivity contribution in [2.24, 2.45) is 0 Å². The van der Waals surface area contributed by atoms with Gasteiger partial charge in [-0.25, -0.2) is 13.1 Å². The van der Waals surface area contributed by atoms with E-state index in [4.69, 9.17) is 4.74 Å². The molecule has 1 atom stereocenters. The van der Waals surface area contributed by atoms with Crippen LogP contribution < -0.4 is 10.0 Å². The van der Waals surface area contributed by atoms with Gasteiger partial charge in [0.25, 0.3) is 5.91 Å². The number of sulfonamides is 1. The Hall–Kier alpha value is -2.97. The number of benzene rings is 2. The molecule has 2 aromatic rings. The van der Waals surface area contributed by atoms with Gasteiger partial charge >= 0.3 is 5.97 Å². The van der Waals surface area contributed by atoms with Crippen LogP contribution in [0.1, 0.15) is 24.5 Å². The maximum absolute atomic E-state index is 12.1. The molecule has 0 aliphatic heterocycles. The lowest BCUT2D eigenvalue weighted by Crippen LogP contribution is -2.31. The van der Waals surface area contributed by atoms with Crippen LogP contribution in [-0.4, -0.2) is 32.9 Å². The van der Waals surface area contributed by atoms with Crippen molar-refractivity contribution in [3.63, 3.8) is 0 Å². The first-order chi connectivity index (χ1) is 13.7. The summed E-state index contributed by atoms with van der Waals surface area (Å²) < 4.78 is 31.2. The first-order valence-corrected chi connectivity index (χ1v) is 10.6. The van der Waals surface area contributed by atoms with E-state index in [2.05, 4.69) is 10.0 Å². The van der Waals surface area contributed by atoms with Crippen LogP contribution in [0.2, 0.25) is 0 Å². The molecule has 0 radical (unpaired) electrons. The van der Waals surface area contributed by atoms with Gasteiger partial charge in [0.15, 0.2) is 6.10 Å². The van der Waals surface area contributed by atoms with Crippen molar-refractivity contribution in [1.82, 2.24) is 4.72 Å². The largest absolute Gasteiger partial charge is 0.452 e. The smallest absolute Gasteiger partial charge is 0.307 e. The number of aryl methyl sites for hydroxylation is 1. The Bertz CT molecular complexity index is 954. The Morgan fingerprint density at radius 1 is 1.07 bits per heavy atom. The molecule has 0 unspecified atom stereocenters. The molecule has 0 spiro atoms. The molecule has 7 nitrogen and oxygen atoms in total. The van der Waals surface area contributed by atoms with E-state index in [0.717, 1.165) is 16.5 Å². The summed E-state index contributed by atoms with van der Waals surface area (Å²) in [5, 5.41) is 3.68. The summed E-state index contributed by atoms with van der Waals surface area (Å²) in [6.07, 6.45) is 0.261. The molecule has 0 fully saturated rings. The molecule has 0 heterocycles. The van der Waals surface area contributed by atoms with Crippen LogP contribution in [0.25, 0.3) is 6.08 Å². The highest BCUT2D eigenvalue weighted by Crippen LogP contribution is 2.10. The van der Waals surface area contributed by atoms with Gasteiger partial charge in [-0.15, -0.1) is 0 Å². The van der Waals surface area contributed by atoms with E-state index in [-0.39, 0.29) is 13.0 Å². The van der Waals surface area contributed by atoms with Crippen molar-refractivity contribution in [3.05, 3.63) is 71.1 Å². The second-order valence-electron chi connectivity index (χ2n) is 6.39. The summed E-state index contributed by atoms with van der Waals surface area (Å²) >= 11 is 0. The van der Waals surface area contributed by atoms with Crippen LogP contribution in [0, 0.1) is 6.92 Å². The number of esters is 1. The molecule has 2 N–H and O–H groups in total. The van der Waals surface area contributed by atoms with Crippen LogP contribution >= 0.6 is 0 Å². The Morgan fingerprint density at radius 2 is 1.72 bits per heavy atom. The zero-order chi connectivity index (χ0) is 21.3. The van der Waals surface area contributed by atoms with Crippen molar-refractivity contribution < 1.29 is 22.7 Å². The predicted molar refractivity (Wildman–Crippen MR) is 112 cm³/mol. The summed E-state index contributed by atoms with van der Waals surface area (Å²) in [5.74, 6) is -1.14. The van der Waals surface area contributed by atoms with Crippen LogP contribution in [-0.2, 0) is 24.3 Å². The highest BCUT2D eigenvalue weighted by molar-refractivity contribution is 7.92. The summed E-state index contributed by atoms with van der Waals surface area (Å²) in [4.78, 5) is 23.9. The highest BCUT2D eigenvalue weighted by atomic mass is 32.2. The molecular weight excluding hydrogens is 392 g/mol. The van der Waals surface area contributed by atoms with Crippen LogP contribution in [0.3, 0.4) is 0 Å². The number of anilines is 1. The quantitative estimate of drug-likeness (QED) is 0.612. The van der Waals surface area contributed by atoms with Crippen molar-refractivity contribution in [3.8, 4) is 0 Å². The Balaban J connectivity index is 1.74. The topological polar surface area (TPSA) is 102 Å². The SMILES string of the molecule is Cc1ccc(NC(=O)[C@H](C)OC(=O)CCNS(=O)(=O)/C=C/c2ccccc2)cc1. The Labute approximate surface area is 170 Å². The molecule has 0 saturated heterocycles. The fraction of sp³-hybridized carbons (Fsp3) is 0.238. The number of ether oxygens (including phenoxy) is 1. The second-order valence-corrected chi connectivity index (χ2v) is 8.04. The third-order valence-electron chi connectivity index (χ3n) is 3.87. The summed E-state index contributed by atoms with van der Waals surface area (Å²) in [7, 11) is -3.68. The maximum Gasteiger partial charge on any atom is 0.307 e. The summed E-state index contributed by atoms with van der Waals surface area (Å²) in [5.41, 5.74) is 2.40. The van der Waals surface area contributed by atoms with Crippen molar-refractivity contribution >= 4 is 33.7 Å². The van der Waals surface area contributed by atoms with E-state index in [9.17, 15) is 18.0 Å². The lowest BCUT2D eigenvalue weighted by molar-refractivity contribution is -0.152. The molecule has 2 aromatic carbocycles. The van der Waals surface area contributed by atoms with E-state index in [0.29, 0.717) is 5.69 Å². The van der Waals surface area contributed by atoms with Crippen molar-refractivity contribution in [2.45, 2.75) is 26.4 Å². The van der Waals surface area contributed by atoms with Crippen molar-refractivity contribution in [2.75, 3.05) is 11.9 Å². The minimum Gasteiger partial charge on any atom is -0.452 e. The van der Waals surface area contributed by atoms with E-state index in [1.807, 2.05) is 25.1 Å². The van der Waals surface area contributed by atoms with Gasteiger partial charge in [-0.2, -0.15) is 0 Å². The van der Waals surface area contributed by atoms with Gasteiger partial charge in [0.1, 0.15) is 0 Å². The molecule has 0 aliphatic carbocycles. The third kappa shape index (κ3) is 8.28. The number of rotatable bonds is 9. The average molecular weight is 416 g/mol. The second kappa shape index (κ2) is 10.5. The Kier molecular flexibility index (Phi) is 8.11. The van der Waals surface area contributed by atoms with Gasteiger partial charge in [-0.1, -0.05) is 48.0 Å². The van der Waals surface area contributed by atoms with Gasteiger partial charge in [-0.3, -0.25) is 9.59 Å². The van der Waals surface area contributed by atoms with Gasteiger partial charge in [0.05, 0.1) is 6.42 Å². The van der Waals surface area contributed by atoms with Crippen LogP contribution in [0.5, 0.6) is 0 Å². The molecule has 0 aliphatic rings. The first kappa shape index (κ1) is 22.3. The fourth-order valence-corrected chi connectivity index (χ4v) is 3.09. The summed E-state index contributed by atoms with van der Waals surface area (Å²) in [6, 6.07) is 16.2. The first-order valence-electron chi connectivity index (χ1n) is 9.05. The molecule has 2 rings (SSSR count). The number of carbonyl (C=O) groups is 2. The van der Waals surface area contributed by atoms with E-state index < -0.39 is 28.0 Å². The van der Waals surface area contributed by atoms with E-state index in [1.165, 1.54) is 13.0 Å². The Morgan fingerprint density at radius 3 is 2.38 bits per heavy atom. The molecule has 29 heavy (non-hydrogen) atoms. The van der Waals surface area contributed by atoms with Crippen molar-refractivity contribution in [1.29, 1.82) is 0 Å². The lowest BCUT2D eigenvalue weighted by Gasteiger charge is -2.13. The molecule has 8 heteroatoms. The molecular formula is C21H24N2O5S. The highest BCUT2D eigenvalue weighted by Gasteiger charge is 2.18. The predicted octanol–water partition coefficient (Wildman–Crippen LogP) is 2.85. The molecule has 0 bridgehead atoms. The lowest BCUT2D eigenvalue weighted by atomic mass is 10.2. The average Bonchev–Trinajstić information content (AvgIpc) is 2.69. The zero-order valence-corrected chi connectivity index (χ0v) is 17.1. The van der Waals surface area contributed by atoms with E-state index in [1.54, 1.807) is 36.4 Å². The standard InChI is InChI=1S/C21H24N2O5S/c1-16-8-10-19(11-9-16)23-21(25)17(2)28-20(24)12-14-22-29(26,27)15-13-18-6-4-3-5-7-18/h3-11,13,15,17,22H,12,14H2,1-2H3,(H,23,25)/b15-13+/t17-/m0/s1. The van der Waals surface area contributed by atoms with Gasteiger partial charge in [0.2, 0.25) is 10.0 Å². The fourth-order valence-electron chi connectivity index (χ4n) is 2.27. The number of amides is 1. The number of hydrogen-bond acceptors (Lipinski definition) is 5. The summed E-state index contributed by atoms with van der Waals surface area (Å²) in [6.45, 7) is 3.25. The monoisotopic (exact) mass is 416 g/mol. The van der Waals surface area contributed by atoms with Crippen LogP contribution in [0.4, 0.5) is 5.69 Å². The number of carbonyl (C=O) groups excluding carboxylic acids is 2. The molecule has 0 aromatic heterocycles. The van der Waals surface area contributed by atoms with E-state index >= 15 is 0 Å². The molecule has 1 amide bonds. The third-order valence-corrected chi connectivity index (χ3v) is 4.97. The molecule has 0 saturated carbocycles. The van der Waals surface area contributed by atoms with Gasteiger partial charge in [0, 0.05) is 17.6 Å². The minimum atomic E-state index is -3.68. The number of hydrogen-bond donors (Lipinski definition) is 2. The normalized spacial score (nSPS) is 12.5. The molecule has 154 valence electrons. The maximum atomic E-state index is 12.1. The number of nitrogens with one attached hydrogen (secondary N) is 2.